The Morgan fingerprint density at radius 2 is 1.12 bits per heavy atom. The number of carbonyl (C=O) groups excluding carboxylic acids is 4. The number of fused-ring (bicyclic) bond motifs is 2. The van der Waals surface area contributed by atoms with Gasteiger partial charge in [-0.2, -0.15) is 0 Å². The van der Waals surface area contributed by atoms with Gasteiger partial charge in [0.05, 0.1) is 18.2 Å². The number of carbonyl (C=O) groups is 4. The number of benzene rings is 4. The normalized spacial score (nSPS) is 14.2. The first-order chi connectivity index (χ1) is 27.9. The maximum absolute atomic E-state index is 13.3. The highest BCUT2D eigenvalue weighted by molar-refractivity contribution is 6.46. The Balaban J connectivity index is 0.000000178. The molecular formula is C45H44Cl3N5O5. The van der Waals surface area contributed by atoms with Crippen LogP contribution in [0.25, 0.3) is 21.8 Å². The fourth-order valence-corrected chi connectivity index (χ4v) is 7.90. The summed E-state index contributed by atoms with van der Waals surface area (Å²) in [5.41, 5.74) is 8.97. The predicted octanol–water partition coefficient (Wildman–Crippen LogP) is 9.13. The van der Waals surface area contributed by atoms with Gasteiger partial charge >= 0.3 is 5.91 Å². The van der Waals surface area contributed by atoms with Gasteiger partial charge in [-0.15, -0.1) is 0 Å². The number of amides is 2. The zero-order valence-electron chi connectivity index (χ0n) is 32.5. The van der Waals surface area contributed by atoms with E-state index in [1.165, 1.54) is 0 Å². The van der Waals surface area contributed by atoms with Crippen LogP contribution in [0.5, 0.6) is 5.75 Å². The van der Waals surface area contributed by atoms with E-state index in [1.807, 2.05) is 96.2 Å². The van der Waals surface area contributed by atoms with Crippen molar-refractivity contribution < 1.29 is 23.9 Å². The Labute approximate surface area is 352 Å². The first-order valence-corrected chi connectivity index (χ1v) is 20.4. The van der Waals surface area contributed by atoms with Gasteiger partial charge in [-0.25, -0.2) is 5.01 Å². The Morgan fingerprint density at radius 1 is 0.638 bits per heavy atom. The molecule has 2 aromatic heterocycles. The van der Waals surface area contributed by atoms with E-state index in [0.717, 1.165) is 78.7 Å². The molecule has 0 spiro atoms. The first kappa shape index (κ1) is 41.0. The number of ether oxygens (including phenoxy) is 1. The number of piperidine rings is 1. The third-order valence-corrected chi connectivity index (χ3v) is 11.5. The Kier molecular flexibility index (Phi) is 12.6. The number of hydrazine groups is 1. The summed E-state index contributed by atoms with van der Waals surface area (Å²) in [7, 11) is 1.59. The Morgan fingerprint density at radius 3 is 1.64 bits per heavy atom. The Bertz CT molecular complexity index is 2520. The molecule has 10 nitrogen and oxygen atoms in total. The second-order valence-corrected chi connectivity index (χ2v) is 16.1. The van der Waals surface area contributed by atoms with Crippen LogP contribution in [0.15, 0.2) is 84.9 Å². The molecule has 2 amide bonds. The highest BCUT2D eigenvalue weighted by atomic mass is 35.5. The number of halogens is 3. The molecule has 1 saturated heterocycles. The predicted molar refractivity (Wildman–Crippen MR) is 229 cm³/mol. The van der Waals surface area contributed by atoms with Gasteiger partial charge in [-0.05, 0) is 111 Å². The zero-order valence-corrected chi connectivity index (χ0v) is 34.8. The summed E-state index contributed by atoms with van der Waals surface area (Å²) in [4.78, 5) is 51.3. The SMILES string of the molecule is COc1ccc2c(c1)c(C(=O)C(=O)NN1CCCCC1)c(C)n2Cc1ccc(Cl)cc1.Cc1c(C(=O)C(=O)NC2CC2)c2cc(Cl)ccc2n1Cc1ccc(Cl)cc1. The van der Waals surface area contributed by atoms with Crippen molar-refractivity contribution in [3.63, 3.8) is 0 Å². The third kappa shape index (κ3) is 9.11. The van der Waals surface area contributed by atoms with Crippen molar-refractivity contribution in [2.45, 2.75) is 65.1 Å². The van der Waals surface area contributed by atoms with Crippen LogP contribution in [0, 0.1) is 13.8 Å². The van der Waals surface area contributed by atoms with Crippen LogP contribution in [-0.2, 0) is 22.7 Å². The van der Waals surface area contributed by atoms with E-state index < -0.39 is 23.4 Å². The van der Waals surface area contributed by atoms with E-state index in [1.54, 1.807) is 19.2 Å². The molecule has 1 saturated carbocycles. The van der Waals surface area contributed by atoms with Gasteiger partial charge in [0.2, 0.25) is 0 Å². The van der Waals surface area contributed by atoms with E-state index in [-0.39, 0.29) is 6.04 Å². The molecule has 3 heterocycles. The van der Waals surface area contributed by atoms with Crippen molar-refractivity contribution in [3.05, 3.63) is 134 Å². The van der Waals surface area contributed by atoms with Crippen LogP contribution in [0.4, 0.5) is 0 Å². The van der Waals surface area contributed by atoms with Crippen molar-refractivity contribution in [1.82, 2.24) is 24.9 Å². The van der Waals surface area contributed by atoms with Crippen LogP contribution in [0.2, 0.25) is 15.1 Å². The number of ketones is 2. The minimum atomic E-state index is -0.599. The van der Waals surface area contributed by atoms with E-state index in [4.69, 9.17) is 39.5 Å². The fourth-order valence-electron chi connectivity index (χ4n) is 7.47. The van der Waals surface area contributed by atoms with Gasteiger partial charge < -0.3 is 19.2 Å². The molecule has 2 fully saturated rings. The molecule has 1 aliphatic carbocycles. The molecule has 2 N–H and O–H groups in total. The topological polar surface area (TPSA) is 115 Å². The lowest BCUT2D eigenvalue weighted by Crippen LogP contribution is -2.47. The summed E-state index contributed by atoms with van der Waals surface area (Å²) in [6.07, 6.45) is 5.05. The van der Waals surface area contributed by atoms with Crippen LogP contribution in [-0.4, -0.2) is 63.8 Å². The molecular weight excluding hydrogens is 797 g/mol. The van der Waals surface area contributed by atoms with Crippen LogP contribution < -0.4 is 15.5 Å². The number of aromatic nitrogens is 2. The first-order valence-electron chi connectivity index (χ1n) is 19.3. The van der Waals surface area contributed by atoms with Crippen molar-refractivity contribution >= 4 is 80.0 Å². The number of Topliss-reactive ketones (excluding diaryl/α,β-unsaturated/α-hetero) is 2. The highest BCUT2D eigenvalue weighted by Gasteiger charge is 2.31. The second-order valence-electron chi connectivity index (χ2n) is 14.8. The van der Waals surface area contributed by atoms with E-state index >= 15 is 0 Å². The maximum Gasteiger partial charge on any atom is 0.306 e. The van der Waals surface area contributed by atoms with Crippen LogP contribution in [0.3, 0.4) is 0 Å². The molecule has 1 aliphatic heterocycles. The summed E-state index contributed by atoms with van der Waals surface area (Å²) < 4.78 is 9.46. The van der Waals surface area contributed by atoms with Gasteiger partial charge in [0, 0.05) is 80.5 Å². The lowest BCUT2D eigenvalue weighted by Gasteiger charge is -2.26. The summed E-state index contributed by atoms with van der Waals surface area (Å²) in [5, 5.41) is 7.91. The van der Waals surface area contributed by atoms with Crippen molar-refractivity contribution in [2.75, 3.05) is 20.2 Å². The van der Waals surface area contributed by atoms with Gasteiger partial charge in [-0.1, -0.05) is 65.5 Å². The minimum absolute atomic E-state index is 0.132. The lowest BCUT2D eigenvalue weighted by molar-refractivity contribution is -0.122. The van der Waals surface area contributed by atoms with Gasteiger partial charge in [0.25, 0.3) is 17.5 Å². The van der Waals surface area contributed by atoms with Gasteiger partial charge in [-0.3, -0.25) is 24.6 Å². The minimum Gasteiger partial charge on any atom is -0.497 e. The quantitative estimate of drug-likeness (QED) is 0.0994. The summed E-state index contributed by atoms with van der Waals surface area (Å²) in [5.74, 6) is -1.55. The molecule has 300 valence electrons. The monoisotopic (exact) mass is 839 g/mol. The number of rotatable bonds is 11. The summed E-state index contributed by atoms with van der Waals surface area (Å²) in [6.45, 7) is 6.41. The molecule has 4 aromatic carbocycles. The molecule has 0 atom stereocenters. The summed E-state index contributed by atoms with van der Waals surface area (Å²) >= 11 is 18.2. The van der Waals surface area contributed by atoms with E-state index in [9.17, 15) is 19.2 Å². The summed E-state index contributed by atoms with van der Waals surface area (Å²) in [6, 6.07) is 26.4. The van der Waals surface area contributed by atoms with Gasteiger partial charge in [0.15, 0.2) is 0 Å². The fraction of sp³-hybridized carbons (Fsp3) is 0.289. The molecule has 13 heteroatoms. The van der Waals surface area contributed by atoms with Crippen LogP contribution in [0.1, 0.15) is 75.3 Å². The maximum atomic E-state index is 13.3. The molecule has 58 heavy (non-hydrogen) atoms. The standard InChI is InChI=1S/C24H26ClN3O3.C21H18Cl2N2O2/c1-16-22(23(29)24(30)26-27-12-4-3-5-13-27)20-14-19(31-2)10-11-21(20)28(16)15-17-6-8-18(25)9-7-17;1-12-19(20(26)21(27)24-16-7-8-16)17-10-15(23)6-9-18(17)25(12)11-13-2-4-14(22)5-3-13/h6-11,14H,3-5,12-13,15H2,1-2H3,(H,26,30);2-6,9-10,16H,7-8,11H2,1H3,(H,24,27). The molecule has 8 rings (SSSR count). The number of nitrogens with one attached hydrogen (secondary N) is 2. The molecule has 2 aliphatic rings. The average Bonchev–Trinajstić information content (AvgIpc) is 3.95. The number of hydrogen-bond acceptors (Lipinski definition) is 6. The van der Waals surface area contributed by atoms with Gasteiger partial charge in [0.1, 0.15) is 5.75 Å². The van der Waals surface area contributed by atoms with Crippen LogP contribution >= 0.6 is 34.8 Å². The van der Waals surface area contributed by atoms with Crippen molar-refractivity contribution in [3.8, 4) is 5.75 Å². The molecule has 0 radical (unpaired) electrons. The highest BCUT2D eigenvalue weighted by Crippen LogP contribution is 2.32. The third-order valence-electron chi connectivity index (χ3n) is 10.7. The molecule has 0 bridgehead atoms. The number of hydrogen-bond donors (Lipinski definition) is 2. The zero-order chi connectivity index (χ0) is 41.1. The molecule has 0 unspecified atom stereocenters. The Hall–Kier alpha value is -5.13. The van der Waals surface area contributed by atoms with Crippen molar-refractivity contribution in [1.29, 1.82) is 0 Å². The smallest absolute Gasteiger partial charge is 0.306 e. The average molecular weight is 841 g/mol. The van der Waals surface area contributed by atoms with E-state index in [0.29, 0.717) is 55.8 Å². The van der Waals surface area contributed by atoms with E-state index in [2.05, 4.69) is 15.3 Å². The van der Waals surface area contributed by atoms with Crippen molar-refractivity contribution in [2.24, 2.45) is 0 Å². The largest absolute Gasteiger partial charge is 0.497 e. The number of nitrogens with zero attached hydrogens (tertiary/aromatic N) is 3. The second kappa shape index (κ2) is 17.8. The molecule has 6 aromatic rings. The number of methoxy groups -OCH3 is 1. The lowest BCUT2D eigenvalue weighted by atomic mass is 10.1.